The molecular weight excluding hydrogens is 218 g/mol. The van der Waals surface area contributed by atoms with E-state index in [1.54, 1.807) is 0 Å². The van der Waals surface area contributed by atoms with Crippen LogP contribution >= 0.6 is 11.8 Å². The highest BCUT2D eigenvalue weighted by molar-refractivity contribution is 7.98. The summed E-state index contributed by atoms with van der Waals surface area (Å²) in [5.41, 5.74) is 9.40. The molecule has 2 rings (SSSR count). The number of para-hydroxylation sites is 1. The molecular formula is C12H17N3S. The maximum Gasteiger partial charge on any atom is 0.124 e. The molecule has 2 aromatic rings. The topological polar surface area (TPSA) is 54.7 Å². The van der Waals surface area contributed by atoms with Crippen molar-refractivity contribution < 1.29 is 0 Å². The van der Waals surface area contributed by atoms with Crippen LogP contribution in [0, 0.1) is 6.92 Å². The van der Waals surface area contributed by atoms with Crippen LogP contribution in [-0.2, 0) is 0 Å². The molecule has 0 unspecified atom stereocenters. The summed E-state index contributed by atoms with van der Waals surface area (Å²) in [6.07, 6.45) is 3.05. The number of hydrogen-bond acceptors (Lipinski definition) is 3. The maximum absolute atomic E-state index is 6.09. The summed E-state index contributed by atoms with van der Waals surface area (Å²) in [6, 6.07) is 6.16. The van der Waals surface area contributed by atoms with Crippen molar-refractivity contribution in [2.24, 2.45) is 5.73 Å². The first-order valence-corrected chi connectivity index (χ1v) is 6.81. The zero-order valence-corrected chi connectivity index (χ0v) is 10.5. The van der Waals surface area contributed by atoms with E-state index >= 15 is 0 Å². The standard InChI is InChI=1S/C12H17N3S/c1-8-4-3-5-10-11(8)15-12(14-10)9(13)6-7-16-2/h3-5,9H,6-7,13H2,1-2H3,(H,14,15)/t9-/m1/s1. The van der Waals surface area contributed by atoms with Gasteiger partial charge in [-0.3, -0.25) is 0 Å². The van der Waals surface area contributed by atoms with E-state index in [4.69, 9.17) is 5.73 Å². The van der Waals surface area contributed by atoms with E-state index in [-0.39, 0.29) is 6.04 Å². The van der Waals surface area contributed by atoms with Crippen LogP contribution in [0.25, 0.3) is 11.0 Å². The van der Waals surface area contributed by atoms with Gasteiger partial charge in [0, 0.05) is 0 Å². The van der Waals surface area contributed by atoms with Crippen molar-refractivity contribution in [3.05, 3.63) is 29.6 Å². The van der Waals surface area contributed by atoms with E-state index in [9.17, 15) is 0 Å². The number of fused-ring (bicyclic) bond motifs is 1. The minimum absolute atomic E-state index is 0.0132. The molecule has 3 N–H and O–H groups in total. The molecule has 3 nitrogen and oxygen atoms in total. The highest BCUT2D eigenvalue weighted by Gasteiger charge is 2.11. The fourth-order valence-corrected chi connectivity index (χ4v) is 2.24. The van der Waals surface area contributed by atoms with Gasteiger partial charge >= 0.3 is 0 Å². The van der Waals surface area contributed by atoms with Crippen molar-refractivity contribution in [2.75, 3.05) is 12.0 Å². The van der Waals surface area contributed by atoms with Crippen LogP contribution in [0.5, 0.6) is 0 Å². The average Bonchev–Trinajstić information content (AvgIpc) is 2.71. The third-order valence-electron chi connectivity index (χ3n) is 2.72. The van der Waals surface area contributed by atoms with Crippen LogP contribution in [0.15, 0.2) is 18.2 Å². The lowest BCUT2D eigenvalue weighted by molar-refractivity contribution is 0.666. The smallest absolute Gasteiger partial charge is 0.124 e. The van der Waals surface area contributed by atoms with Gasteiger partial charge < -0.3 is 10.7 Å². The quantitative estimate of drug-likeness (QED) is 0.856. The van der Waals surface area contributed by atoms with Crippen molar-refractivity contribution in [3.63, 3.8) is 0 Å². The van der Waals surface area contributed by atoms with Crippen molar-refractivity contribution in [1.82, 2.24) is 9.97 Å². The summed E-state index contributed by atoms with van der Waals surface area (Å²) < 4.78 is 0. The number of imidazole rings is 1. The summed E-state index contributed by atoms with van der Waals surface area (Å²) in [4.78, 5) is 7.87. The number of nitrogens with zero attached hydrogens (tertiary/aromatic N) is 1. The van der Waals surface area contributed by atoms with Gasteiger partial charge in [0.1, 0.15) is 5.82 Å². The van der Waals surface area contributed by atoms with E-state index in [0.29, 0.717) is 0 Å². The minimum Gasteiger partial charge on any atom is -0.341 e. The first-order valence-electron chi connectivity index (χ1n) is 5.42. The molecule has 0 spiro atoms. The molecule has 86 valence electrons. The Bertz CT molecular complexity index is 478. The Morgan fingerprint density at radius 2 is 2.31 bits per heavy atom. The summed E-state index contributed by atoms with van der Waals surface area (Å²) in [5, 5.41) is 0. The molecule has 0 aliphatic rings. The maximum atomic E-state index is 6.09. The largest absolute Gasteiger partial charge is 0.341 e. The number of rotatable bonds is 4. The molecule has 0 radical (unpaired) electrons. The second-order valence-corrected chi connectivity index (χ2v) is 4.97. The van der Waals surface area contributed by atoms with Crippen molar-refractivity contribution in [1.29, 1.82) is 0 Å². The predicted molar refractivity (Wildman–Crippen MR) is 70.8 cm³/mol. The molecule has 0 saturated heterocycles. The lowest BCUT2D eigenvalue weighted by Crippen LogP contribution is -2.12. The van der Waals surface area contributed by atoms with Gasteiger partial charge in [-0.25, -0.2) is 4.98 Å². The van der Waals surface area contributed by atoms with Crippen LogP contribution in [0.2, 0.25) is 0 Å². The molecule has 0 aliphatic heterocycles. The Hall–Kier alpha value is -1.00. The average molecular weight is 235 g/mol. The van der Waals surface area contributed by atoms with Crippen molar-refractivity contribution in [2.45, 2.75) is 19.4 Å². The normalized spacial score (nSPS) is 13.2. The summed E-state index contributed by atoms with van der Waals surface area (Å²) in [6.45, 7) is 2.07. The SMILES string of the molecule is CSCC[C@@H](N)c1nc2c(C)cccc2[nH]1. The molecule has 1 aromatic carbocycles. The number of H-pyrrole nitrogens is 1. The van der Waals surface area contributed by atoms with E-state index < -0.39 is 0 Å². The fourth-order valence-electron chi connectivity index (χ4n) is 1.75. The molecule has 0 amide bonds. The number of benzene rings is 1. The van der Waals surface area contributed by atoms with Gasteiger partial charge in [0.2, 0.25) is 0 Å². The van der Waals surface area contributed by atoms with E-state index in [2.05, 4.69) is 29.2 Å². The minimum atomic E-state index is 0.0132. The second-order valence-electron chi connectivity index (χ2n) is 3.98. The zero-order chi connectivity index (χ0) is 11.5. The van der Waals surface area contributed by atoms with E-state index in [0.717, 1.165) is 29.0 Å². The molecule has 1 aromatic heterocycles. The Morgan fingerprint density at radius 1 is 1.50 bits per heavy atom. The first kappa shape index (κ1) is 11.5. The van der Waals surface area contributed by atoms with Crippen LogP contribution < -0.4 is 5.73 Å². The molecule has 0 bridgehead atoms. The molecule has 0 saturated carbocycles. The summed E-state index contributed by atoms with van der Waals surface area (Å²) in [5.74, 6) is 1.97. The highest BCUT2D eigenvalue weighted by atomic mass is 32.2. The van der Waals surface area contributed by atoms with Gasteiger partial charge in [-0.15, -0.1) is 0 Å². The van der Waals surface area contributed by atoms with Crippen LogP contribution in [0.1, 0.15) is 23.9 Å². The third-order valence-corrected chi connectivity index (χ3v) is 3.36. The molecule has 0 fully saturated rings. The van der Waals surface area contributed by atoms with Gasteiger partial charge in [-0.05, 0) is 37.0 Å². The molecule has 4 heteroatoms. The number of nitrogens with two attached hydrogens (primary N) is 1. The monoisotopic (exact) mass is 235 g/mol. The molecule has 0 aliphatic carbocycles. The predicted octanol–water partition coefficient (Wildman–Crippen LogP) is 2.62. The number of aryl methyl sites for hydroxylation is 1. The van der Waals surface area contributed by atoms with Crippen LogP contribution in [0.3, 0.4) is 0 Å². The lowest BCUT2D eigenvalue weighted by atomic mass is 10.2. The van der Waals surface area contributed by atoms with Crippen LogP contribution in [0.4, 0.5) is 0 Å². The molecule has 1 heterocycles. The number of thioether (sulfide) groups is 1. The van der Waals surface area contributed by atoms with Crippen molar-refractivity contribution in [3.8, 4) is 0 Å². The number of aromatic nitrogens is 2. The Kier molecular flexibility index (Phi) is 3.51. The van der Waals surface area contributed by atoms with Gasteiger partial charge in [0.15, 0.2) is 0 Å². The second kappa shape index (κ2) is 4.89. The fraction of sp³-hybridized carbons (Fsp3) is 0.417. The van der Waals surface area contributed by atoms with Gasteiger partial charge in [0.25, 0.3) is 0 Å². The Morgan fingerprint density at radius 3 is 3.00 bits per heavy atom. The summed E-state index contributed by atoms with van der Waals surface area (Å²) >= 11 is 1.81. The van der Waals surface area contributed by atoms with E-state index in [1.165, 1.54) is 5.56 Å². The molecule has 16 heavy (non-hydrogen) atoms. The van der Waals surface area contributed by atoms with E-state index in [1.807, 2.05) is 23.9 Å². The molecule has 1 atom stereocenters. The zero-order valence-electron chi connectivity index (χ0n) is 9.66. The van der Waals surface area contributed by atoms with Crippen molar-refractivity contribution >= 4 is 22.8 Å². The summed E-state index contributed by atoms with van der Waals surface area (Å²) in [7, 11) is 0. The highest BCUT2D eigenvalue weighted by Crippen LogP contribution is 2.20. The number of aromatic amines is 1. The number of hydrogen-bond donors (Lipinski definition) is 2. The number of nitrogens with one attached hydrogen (secondary N) is 1. The third kappa shape index (κ3) is 2.23. The van der Waals surface area contributed by atoms with Gasteiger partial charge in [0.05, 0.1) is 17.1 Å². The van der Waals surface area contributed by atoms with Crippen LogP contribution in [-0.4, -0.2) is 22.0 Å². The Labute approximate surface area is 99.8 Å². The van der Waals surface area contributed by atoms with Gasteiger partial charge in [-0.1, -0.05) is 12.1 Å². The van der Waals surface area contributed by atoms with Gasteiger partial charge in [-0.2, -0.15) is 11.8 Å². The Balaban J connectivity index is 2.29. The first-order chi connectivity index (χ1) is 7.72. The lowest BCUT2D eigenvalue weighted by Gasteiger charge is -2.06.